The van der Waals surface area contributed by atoms with Crippen molar-refractivity contribution in [3.8, 4) is 0 Å². The van der Waals surface area contributed by atoms with Crippen LogP contribution < -0.4 is 10.2 Å². The van der Waals surface area contributed by atoms with Gasteiger partial charge in [0.15, 0.2) is 5.82 Å². The SMILES string of the molecule is CC(C)n1cnc(C2CN(C(=O)c3ccccn3)c3ccc(C(=O)NCc4ccsc4)cc32)n1. The lowest BCUT2D eigenvalue weighted by atomic mass is 9.98. The van der Waals surface area contributed by atoms with Crippen molar-refractivity contribution in [2.45, 2.75) is 32.4 Å². The van der Waals surface area contributed by atoms with Crippen LogP contribution in [0.5, 0.6) is 0 Å². The molecule has 9 heteroatoms. The average Bonchev–Trinajstić information content (AvgIpc) is 3.62. The zero-order valence-electron chi connectivity index (χ0n) is 18.9. The fourth-order valence-corrected chi connectivity index (χ4v) is 4.68. The average molecular weight is 473 g/mol. The molecular formula is C25H24N6O2S. The highest BCUT2D eigenvalue weighted by molar-refractivity contribution is 7.07. The van der Waals surface area contributed by atoms with Gasteiger partial charge in [0.1, 0.15) is 12.0 Å². The van der Waals surface area contributed by atoms with Gasteiger partial charge in [0.25, 0.3) is 11.8 Å². The highest BCUT2D eigenvalue weighted by atomic mass is 32.1. The molecule has 172 valence electrons. The predicted octanol–water partition coefficient (Wildman–Crippen LogP) is 4.04. The van der Waals surface area contributed by atoms with Gasteiger partial charge in [-0.05, 0) is 72.1 Å². The van der Waals surface area contributed by atoms with Gasteiger partial charge >= 0.3 is 0 Å². The first-order chi connectivity index (χ1) is 16.5. The molecule has 5 rings (SSSR count). The summed E-state index contributed by atoms with van der Waals surface area (Å²) in [5, 5.41) is 11.6. The summed E-state index contributed by atoms with van der Waals surface area (Å²) in [5.74, 6) is 0.0274. The molecule has 34 heavy (non-hydrogen) atoms. The van der Waals surface area contributed by atoms with E-state index >= 15 is 0 Å². The topological polar surface area (TPSA) is 93.0 Å². The minimum absolute atomic E-state index is 0.164. The molecule has 1 N–H and O–H groups in total. The Morgan fingerprint density at radius 1 is 1.18 bits per heavy atom. The molecule has 0 saturated heterocycles. The number of rotatable bonds is 6. The van der Waals surface area contributed by atoms with E-state index in [1.807, 2.05) is 42.8 Å². The van der Waals surface area contributed by atoms with Crippen LogP contribution in [-0.4, -0.2) is 38.1 Å². The van der Waals surface area contributed by atoms with Crippen molar-refractivity contribution in [2.75, 3.05) is 11.4 Å². The summed E-state index contributed by atoms with van der Waals surface area (Å²) in [6.07, 6.45) is 3.31. The molecule has 1 unspecified atom stereocenters. The number of carbonyl (C=O) groups is 2. The number of hydrogen-bond acceptors (Lipinski definition) is 6. The Kier molecular flexibility index (Phi) is 5.93. The van der Waals surface area contributed by atoms with Crippen molar-refractivity contribution < 1.29 is 9.59 Å². The van der Waals surface area contributed by atoms with Gasteiger partial charge in [-0.1, -0.05) is 6.07 Å². The summed E-state index contributed by atoms with van der Waals surface area (Å²) in [7, 11) is 0. The third kappa shape index (κ3) is 4.22. The summed E-state index contributed by atoms with van der Waals surface area (Å²) in [4.78, 5) is 36.6. The molecule has 1 aliphatic heterocycles. The van der Waals surface area contributed by atoms with Crippen LogP contribution in [0.1, 0.15) is 63.6 Å². The number of nitrogens with one attached hydrogen (secondary N) is 1. The number of anilines is 1. The van der Waals surface area contributed by atoms with E-state index in [0.29, 0.717) is 30.2 Å². The molecule has 0 spiro atoms. The van der Waals surface area contributed by atoms with Gasteiger partial charge < -0.3 is 10.2 Å². The van der Waals surface area contributed by atoms with Gasteiger partial charge in [0.2, 0.25) is 0 Å². The first kappa shape index (κ1) is 22.0. The Labute approximate surface area is 201 Å². The summed E-state index contributed by atoms with van der Waals surface area (Å²) in [5.41, 5.74) is 3.57. The smallest absolute Gasteiger partial charge is 0.276 e. The van der Waals surface area contributed by atoms with Crippen LogP contribution in [0.15, 0.2) is 65.7 Å². The third-order valence-electron chi connectivity index (χ3n) is 5.85. The van der Waals surface area contributed by atoms with E-state index in [-0.39, 0.29) is 23.8 Å². The second-order valence-corrected chi connectivity index (χ2v) is 9.23. The number of carbonyl (C=O) groups excluding carboxylic acids is 2. The molecule has 1 atom stereocenters. The van der Waals surface area contributed by atoms with Crippen molar-refractivity contribution >= 4 is 28.8 Å². The van der Waals surface area contributed by atoms with Crippen LogP contribution in [0.2, 0.25) is 0 Å². The van der Waals surface area contributed by atoms with Crippen LogP contribution in [0.25, 0.3) is 0 Å². The highest BCUT2D eigenvalue weighted by Gasteiger charge is 2.37. The molecular weight excluding hydrogens is 448 g/mol. The van der Waals surface area contributed by atoms with Crippen LogP contribution in [0.3, 0.4) is 0 Å². The number of nitrogens with zero attached hydrogens (tertiary/aromatic N) is 5. The third-order valence-corrected chi connectivity index (χ3v) is 6.58. The lowest BCUT2D eigenvalue weighted by Gasteiger charge is -2.17. The first-order valence-electron chi connectivity index (χ1n) is 11.1. The van der Waals surface area contributed by atoms with E-state index < -0.39 is 0 Å². The van der Waals surface area contributed by atoms with Gasteiger partial charge in [0, 0.05) is 36.6 Å². The fourth-order valence-electron chi connectivity index (χ4n) is 4.01. The summed E-state index contributed by atoms with van der Waals surface area (Å²) in [6, 6.07) is 12.9. The lowest BCUT2D eigenvalue weighted by molar-refractivity contribution is 0.0949. The molecule has 0 aliphatic carbocycles. The number of amides is 2. The van der Waals surface area contributed by atoms with Gasteiger partial charge in [-0.2, -0.15) is 16.4 Å². The fraction of sp³-hybridized carbons (Fsp3) is 0.240. The Morgan fingerprint density at radius 3 is 2.76 bits per heavy atom. The van der Waals surface area contributed by atoms with Crippen LogP contribution in [-0.2, 0) is 6.54 Å². The van der Waals surface area contributed by atoms with E-state index in [1.54, 1.807) is 57.7 Å². The molecule has 8 nitrogen and oxygen atoms in total. The van der Waals surface area contributed by atoms with Gasteiger partial charge in [-0.3, -0.25) is 19.3 Å². The minimum atomic E-state index is -0.243. The van der Waals surface area contributed by atoms with Gasteiger partial charge in [-0.15, -0.1) is 0 Å². The molecule has 4 heterocycles. The zero-order valence-corrected chi connectivity index (χ0v) is 19.7. The molecule has 0 radical (unpaired) electrons. The molecule has 2 amide bonds. The zero-order chi connectivity index (χ0) is 23.7. The van der Waals surface area contributed by atoms with Crippen molar-refractivity contribution in [3.05, 3.63) is 94.0 Å². The second-order valence-electron chi connectivity index (χ2n) is 8.45. The molecule has 3 aromatic heterocycles. The lowest BCUT2D eigenvalue weighted by Crippen LogP contribution is -2.30. The molecule has 0 fully saturated rings. The molecule has 1 aromatic carbocycles. The van der Waals surface area contributed by atoms with Crippen molar-refractivity contribution in [1.82, 2.24) is 25.1 Å². The quantitative estimate of drug-likeness (QED) is 0.457. The van der Waals surface area contributed by atoms with E-state index in [0.717, 1.165) is 16.8 Å². The second kappa shape index (κ2) is 9.18. The van der Waals surface area contributed by atoms with E-state index in [1.165, 1.54) is 0 Å². The highest BCUT2D eigenvalue weighted by Crippen LogP contribution is 2.40. The molecule has 0 bridgehead atoms. The number of benzene rings is 1. The van der Waals surface area contributed by atoms with Gasteiger partial charge in [0.05, 0.1) is 5.92 Å². The Morgan fingerprint density at radius 2 is 2.06 bits per heavy atom. The Hall–Kier alpha value is -3.85. The minimum Gasteiger partial charge on any atom is -0.348 e. The largest absolute Gasteiger partial charge is 0.348 e. The monoisotopic (exact) mass is 472 g/mol. The number of pyridine rings is 1. The maximum absolute atomic E-state index is 13.3. The number of hydrogen-bond donors (Lipinski definition) is 1. The van der Waals surface area contributed by atoms with E-state index in [9.17, 15) is 9.59 Å². The first-order valence-corrected chi connectivity index (χ1v) is 12.0. The van der Waals surface area contributed by atoms with Crippen LogP contribution in [0.4, 0.5) is 5.69 Å². The summed E-state index contributed by atoms with van der Waals surface area (Å²) in [6.45, 7) is 4.92. The van der Waals surface area contributed by atoms with Crippen molar-refractivity contribution in [1.29, 1.82) is 0 Å². The van der Waals surface area contributed by atoms with Gasteiger partial charge in [-0.25, -0.2) is 4.98 Å². The van der Waals surface area contributed by atoms with Crippen molar-refractivity contribution in [2.24, 2.45) is 0 Å². The molecule has 1 aliphatic rings. The van der Waals surface area contributed by atoms with Crippen LogP contribution >= 0.6 is 11.3 Å². The normalized spacial score (nSPS) is 14.9. The number of thiophene rings is 1. The summed E-state index contributed by atoms with van der Waals surface area (Å²) >= 11 is 1.60. The summed E-state index contributed by atoms with van der Waals surface area (Å²) < 4.78 is 1.80. The maximum Gasteiger partial charge on any atom is 0.276 e. The van der Waals surface area contributed by atoms with Crippen LogP contribution in [0, 0.1) is 0 Å². The standard InChI is InChI=1S/C25H24N6O2S/c1-16(2)31-15-28-23(29-31)20-13-30(25(33)21-5-3-4-9-26-21)22-7-6-18(11-19(20)22)24(32)27-12-17-8-10-34-14-17/h3-11,14-16,20H,12-13H2,1-2H3,(H,27,32). The number of aromatic nitrogens is 4. The Bertz CT molecular complexity index is 1320. The molecule has 0 saturated carbocycles. The van der Waals surface area contributed by atoms with E-state index in [4.69, 9.17) is 0 Å². The molecule has 4 aromatic rings. The Balaban J connectivity index is 1.48. The van der Waals surface area contributed by atoms with E-state index in [2.05, 4.69) is 20.4 Å². The maximum atomic E-state index is 13.3. The predicted molar refractivity (Wildman–Crippen MR) is 130 cm³/mol. The number of fused-ring (bicyclic) bond motifs is 1. The van der Waals surface area contributed by atoms with Crippen molar-refractivity contribution in [3.63, 3.8) is 0 Å².